The van der Waals surface area contributed by atoms with E-state index >= 15 is 0 Å². The number of benzene rings is 1. The van der Waals surface area contributed by atoms with E-state index in [2.05, 4.69) is 0 Å². The molecule has 0 aromatic heterocycles. The smallest absolute Gasteiger partial charge is 0.257 e. The Balaban J connectivity index is 1.98. The van der Waals surface area contributed by atoms with E-state index < -0.39 is 15.9 Å². The van der Waals surface area contributed by atoms with Crippen molar-refractivity contribution in [1.29, 1.82) is 0 Å². The number of rotatable bonds is 6. The van der Waals surface area contributed by atoms with Crippen molar-refractivity contribution >= 4 is 22.0 Å². The third-order valence-electron chi connectivity index (χ3n) is 3.02. The number of hydrogen-bond donors (Lipinski definition) is 1. The van der Waals surface area contributed by atoms with Crippen molar-refractivity contribution in [2.45, 2.75) is 19.8 Å². The molecule has 0 bridgehead atoms. The first-order chi connectivity index (χ1) is 10.5. The Morgan fingerprint density at radius 1 is 1.27 bits per heavy atom. The molecule has 0 saturated heterocycles. The Bertz CT molecular complexity index is 667. The Morgan fingerprint density at radius 3 is 2.73 bits per heavy atom. The molecule has 2 rings (SSSR count). The number of hydrogen-bond acceptors (Lipinski definition) is 5. The fourth-order valence-corrected chi connectivity index (χ4v) is 3.05. The van der Waals surface area contributed by atoms with Crippen LogP contribution in [-0.2, 0) is 14.8 Å². The van der Waals surface area contributed by atoms with E-state index in [1.807, 2.05) is 11.6 Å². The van der Waals surface area contributed by atoms with Crippen LogP contribution in [0.5, 0.6) is 11.5 Å². The van der Waals surface area contributed by atoms with E-state index in [0.717, 1.165) is 12.0 Å². The van der Waals surface area contributed by atoms with E-state index in [1.165, 1.54) is 12.2 Å². The SMILES string of the molecule is CCCCS(=O)(=O)NC(=O)C=Cc1ccc2c(c1)OCCO2. The van der Waals surface area contributed by atoms with Gasteiger partial charge in [-0.25, -0.2) is 13.1 Å². The predicted molar refractivity (Wildman–Crippen MR) is 83.3 cm³/mol. The molecule has 1 aromatic rings. The van der Waals surface area contributed by atoms with Crippen LogP contribution in [0, 0.1) is 0 Å². The lowest BCUT2D eigenvalue weighted by atomic mass is 10.2. The van der Waals surface area contributed by atoms with Crippen LogP contribution in [0.2, 0.25) is 0 Å². The first kappa shape index (κ1) is 16.4. The maximum absolute atomic E-state index is 11.7. The van der Waals surface area contributed by atoms with Gasteiger partial charge in [0.15, 0.2) is 11.5 Å². The molecule has 0 saturated carbocycles. The highest BCUT2D eigenvalue weighted by Gasteiger charge is 2.13. The summed E-state index contributed by atoms with van der Waals surface area (Å²) in [4.78, 5) is 11.7. The molecule has 1 aliphatic heterocycles. The molecule has 1 N–H and O–H groups in total. The number of amides is 1. The van der Waals surface area contributed by atoms with E-state index in [0.29, 0.717) is 31.1 Å². The minimum Gasteiger partial charge on any atom is -0.486 e. The van der Waals surface area contributed by atoms with Gasteiger partial charge in [-0.3, -0.25) is 4.79 Å². The highest BCUT2D eigenvalue weighted by molar-refractivity contribution is 7.90. The second-order valence-electron chi connectivity index (χ2n) is 4.88. The predicted octanol–water partition coefficient (Wildman–Crippen LogP) is 1.72. The number of carbonyl (C=O) groups excluding carboxylic acids is 1. The summed E-state index contributed by atoms with van der Waals surface area (Å²) in [6, 6.07) is 5.26. The van der Waals surface area contributed by atoms with Gasteiger partial charge in [-0.05, 0) is 30.2 Å². The monoisotopic (exact) mass is 325 g/mol. The second kappa shape index (κ2) is 7.31. The highest BCUT2D eigenvalue weighted by atomic mass is 32.2. The van der Waals surface area contributed by atoms with Crippen LogP contribution < -0.4 is 14.2 Å². The summed E-state index contributed by atoms with van der Waals surface area (Å²) < 4.78 is 36.1. The quantitative estimate of drug-likeness (QED) is 0.805. The molecular formula is C15H19NO5S. The molecule has 0 unspecified atom stereocenters. The molecule has 1 amide bonds. The lowest BCUT2D eigenvalue weighted by Gasteiger charge is -2.18. The molecule has 0 fully saturated rings. The van der Waals surface area contributed by atoms with Gasteiger partial charge in [0.1, 0.15) is 13.2 Å². The van der Waals surface area contributed by atoms with Crippen LogP contribution in [0.15, 0.2) is 24.3 Å². The zero-order valence-electron chi connectivity index (χ0n) is 12.4. The van der Waals surface area contributed by atoms with Crippen molar-refractivity contribution in [2.24, 2.45) is 0 Å². The summed E-state index contributed by atoms with van der Waals surface area (Å²) >= 11 is 0. The first-order valence-corrected chi connectivity index (χ1v) is 8.77. The van der Waals surface area contributed by atoms with Gasteiger partial charge in [0.2, 0.25) is 10.0 Å². The van der Waals surface area contributed by atoms with Crippen molar-refractivity contribution < 1.29 is 22.7 Å². The Hall–Kier alpha value is -2.02. The molecule has 1 aromatic carbocycles. The molecule has 1 heterocycles. The van der Waals surface area contributed by atoms with E-state index in [-0.39, 0.29) is 5.75 Å². The highest BCUT2D eigenvalue weighted by Crippen LogP contribution is 2.30. The summed E-state index contributed by atoms with van der Waals surface area (Å²) in [7, 11) is -3.56. The maximum atomic E-state index is 11.7. The van der Waals surface area contributed by atoms with Crippen LogP contribution in [0.1, 0.15) is 25.3 Å². The summed E-state index contributed by atoms with van der Waals surface area (Å²) in [6.07, 6.45) is 3.99. The van der Waals surface area contributed by atoms with Crippen molar-refractivity contribution in [2.75, 3.05) is 19.0 Å². The number of fused-ring (bicyclic) bond motifs is 1. The van der Waals surface area contributed by atoms with Crippen molar-refractivity contribution in [3.8, 4) is 11.5 Å². The van der Waals surface area contributed by atoms with Crippen molar-refractivity contribution in [1.82, 2.24) is 4.72 Å². The van der Waals surface area contributed by atoms with Gasteiger partial charge >= 0.3 is 0 Å². The third kappa shape index (κ3) is 4.77. The van der Waals surface area contributed by atoms with E-state index in [4.69, 9.17) is 9.47 Å². The van der Waals surface area contributed by atoms with Gasteiger partial charge in [-0.1, -0.05) is 19.4 Å². The molecule has 120 valence electrons. The zero-order valence-corrected chi connectivity index (χ0v) is 13.2. The number of nitrogens with one attached hydrogen (secondary N) is 1. The molecule has 0 spiro atoms. The molecule has 7 heteroatoms. The molecule has 0 aliphatic carbocycles. The number of ether oxygens (including phenoxy) is 2. The van der Waals surface area contributed by atoms with Gasteiger partial charge in [0, 0.05) is 6.08 Å². The summed E-state index contributed by atoms with van der Waals surface area (Å²) in [5.74, 6) is 0.568. The molecule has 0 atom stereocenters. The summed E-state index contributed by atoms with van der Waals surface area (Å²) in [5, 5.41) is 0. The van der Waals surface area contributed by atoms with E-state index in [1.54, 1.807) is 18.2 Å². The fourth-order valence-electron chi connectivity index (χ4n) is 1.91. The normalized spacial score (nSPS) is 14.0. The van der Waals surface area contributed by atoms with Gasteiger partial charge in [0.05, 0.1) is 5.75 Å². The third-order valence-corrected chi connectivity index (χ3v) is 4.35. The van der Waals surface area contributed by atoms with Crippen LogP contribution in [0.25, 0.3) is 6.08 Å². The van der Waals surface area contributed by atoms with Gasteiger partial charge in [-0.2, -0.15) is 0 Å². The van der Waals surface area contributed by atoms with Crippen LogP contribution in [0.3, 0.4) is 0 Å². The zero-order chi connectivity index (χ0) is 16.0. The van der Waals surface area contributed by atoms with E-state index in [9.17, 15) is 13.2 Å². The van der Waals surface area contributed by atoms with Crippen molar-refractivity contribution in [3.63, 3.8) is 0 Å². The van der Waals surface area contributed by atoms with Gasteiger partial charge < -0.3 is 9.47 Å². The van der Waals surface area contributed by atoms with Crippen LogP contribution >= 0.6 is 0 Å². The number of sulfonamides is 1. The summed E-state index contributed by atoms with van der Waals surface area (Å²) in [5.41, 5.74) is 0.727. The van der Waals surface area contributed by atoms with Crippen LogP contribution in [-0.4, -0.2) is 33.3 Å². The van der Waals surface area contributed by atoms with Gasteiger partial charge in [-0.15, -0.1) is 0 Å². The minimum atomic E-state index is -3.56. The minimum absolute atomic E-state index is 0.0485. The first-order valence-electron chi connectivity index (χ1n) is 7.12. The standard InChI is InChI=1S/C15H19NO5S/c1-2-3-10-22(18,19)16-15(17)7-5-12-4-6-13-14(11-12)21-9-8-20-13/h4-7,11H,2-3,8-10H2,1H3,(H,16,17). The summed E-state index contributed by atoms with van der Waals surface area (Å²) in [6.45, 7) is 2.88. The number of carbonyl (C=O) groups is 1. The lowest BCUT2D eigenvalue weighted by molar-refractivity contribution is -0.114. The second-order valence-corrected chi connectivity index (χ2v) is 6.72. The maximum Gasteiger partial charge on any atom is 0.257 e. The fraction of sp³-hybridized carbons (Fsp3) is 0.400. The van der Waals surface area contributed by atoms with Crippen LogP contribution in [0.4, 0.5) is 0 Å². The van der Waals surface area contributed by atoms with Gasteiger partial charge in [0.25, 0.3) is 5.91 Å². The number of unbranched alkanes of at least 4 members (excludes halogenated alkanes) is 1. The molecule has 6 nitrogen and oxygen atoms in total. The molecule has 22 heavy (non-hydrogen) atoms. The van der Waals surface area contributed by atoms with Crippen molar-refractivity contribution in [3.05, 3.63) is 29.8 Å². The largest absolute Gasteiger partial charge is 0.486 e. The average molecular weight is 325 g/mol. The molecule has 0 radical (unpaired) electrons. The Labute approximate surface area is 130 Å². The average Bonchev–Trinajstić information content (AvgIpc) is 2.50. The molecule has 1 aliphatic rings. The molecular weight excluding hydrogens is 306 g/mol. The Morgan fingerprint density at radius 2 is 2.00 bits per heavy atom. The topological polar surface area (TPSA) is 81.7 Å². The Kier molecular flexibility index (Phi) is 5.43. The lowest BCUT2D eigenvalue weighted by Crippen LogP contribution is -2.31.